The van der Waals surface area contributed by atoms with Gasteiger partial charge in [-0.05, 0) is 34.0 Å². The summed E-state index contributed by atoms with van der Waals surface area (Å²) in [6.07, 6.45) is 6.87. The first-order chi connectivity index (χ1) is 9.74. The summed E-state index contributed by atoms with van der Waals surface area (Å²) < 4.78 is 11.9. The molecule has 0 amide bonds. The van der Waals surface area contributed by atoms with Gasteiger partial charge in [0.25, 0.3) is 0 Å². The molecule has 1 aromatic rings. The van der Waals surface area contributed by atoms with E-state index < -0.39 is 0 Å². The van der Waals surface area contributed by atoms with E-state index in [9.17, 15) is 4.79 Å². The summed E-state index contributed by atoms with van der Waals surface area (Å²) in [5.74, 6) is 2.17. The molecule has 3 rings (SSSR count). The average Bonchev–Trinajstić information content (AvgIpc) is 2.47. The molecule has 1 aliphatic heterocycles. The first-order valence-electron chi connectivity index (χ1n) is 7.36. The van der Waals surface area contributed by atoms with Crippen molar-refractivity contribution in [1.29, 1.82) is 0 Å². The third-order valence-corrected chi connectivity index (χ3v) is 4.79. The van der Waals surface area contributed by atoms with E-state index >= 15 is 0 Å². The molecule has 108 valence electrons. The largest absolute Gasteiger partial charge is 0.486 e. The summed E-state index contributed by atoms with van der Waals surface area (Å²) >= 11 is 3.48. The van der Waals surface area contributed by atoms with Crippen molar-refractivity contribution < 1.29 is 14.3 Å². The van der Waals surface area contributed by atoms with Crippen LogP contribution < -0.4 is 9.47 Å². The molecule has 2 aliphatic rings. The van der Waals surface area contributed by atoms with Crippen LogP contribution in [0.1, 0.15) is 48.9 Å². The Labute approximate surface area is 127 Å². The number of hydrogen-bond donors (Lipinski definition) is 0. The molecule has 1 saturated carbocycles. The maximum absolute atomic E-state index is 12.5. The smallest absolute Gasteiger partial charge is 0.164 e. The van der Waals surface area contributed by atoms with Crippen molar-refractivity contribution in [3.05, 3.63) is 22.2 Å². The molecule has 20 heavy (non-hydrogen) atoms. The van der Waals surface area contributed by atoms with Crippen LogP contribution in [0.25, 0.3) is 0 Å². The number of fused-ring (bicyclic) bond motifs is 1. The molecule has 4 heteroatoms. The fourth-order valence-electron chi connectivity index (χ4n) is 3.04. The molecule has 1 heterocycles. The molecule has 0 saturated heterocycles. The van der Waals surface area contributed by atoms with Crippen LogP contribution in [0.2, 0.25) is 0 Å². The van der Waals surface area contributed by atoms with Gasteiger partial charge < -0.3 is 9.47 Å². The van der Waals surface area contributed by atoms with Crippen LogP contribution in [0.5, 0.6) is 11.5 Å². The topological polar surface area (TPSA) is 35.5 Å². The zero-order valence-corrected chi connectivity index (χ0v) is 13.1. The molecule has 0 spiro atoms. The fraction of sp³-hybridized carbons (Fsp3) is 0.562. The third-order valence-electron chi connectivity index (χ3n) is 4.13. The number of carbonyl (C=O) groups is 1. The fourth-order valence-corrected chi connectivity index (χ4v) is 3.58. The van der Waals surface area contributed by atoms with Gasteiger partial charge in [-0.3, -0.25) is 4.79 Å². The SMILES string of the molecule is O=C(CC1CCCCC1)c1cc2c(cc1Br)OCCO2. The molecule has 0 bridgehead atoms. The zero-order chi connectivity index (χ0) is 13.9. The first-order valence-corrected chi connectivity index (χ1v) is 8.15. The van der Waals surface area contributed by atoms with Gasteiger partial charge in [0.2, 0.25) is 0 Å². The maximum atomic E-state index is 12.5. The van der Waals surface area contributed by atoms with Crippen molar-refractivity contribution in [2.24, 2.45) is 5.92 Å². The van der Waals surface area contributed by atoms with E-state index in [2.05, 4.69) is 15.9 Å². The van der Waals surface area contributed by atoms with Crippen LogP contribution in [0, 0.1) is 5.92 Å². The van der Waals surface area contributed by atoms with E-state index in [0.29, 0.717) is 31.3 Å². The second-order valence-corrected chi connectivity index (χ2v) is 6.46. The van der Waals surface area contributed by atoms with Crippen LogP contribution in [0.3, 0.4) is 0 Å². The Bertz CT molecular complexity index is 507. The normalized spacial score (nSPS) is 18.9. The predicted molar refractivity (Wildman–Crippen MR) is 80.7 cm³/mol. The molecular weight excluding hydrogens is 320 g/mol. The number of halogens is 1. The standard InChI is InChI=1S/C16H19BrO3/c17-13-10-16-15(19-6-7-20-16)9-12(13)14(18)8-11-4-2-1-3-5-11/h9-11H,1-8H2. The van der Waals surface area contributed by atoms with Crippen molar-refractivity contribution in [1.82, 2.24) is 0 Å². The highest BCUT2D eigenvalue weighted by molar-refractivity contribution is 9.10. The lowest BCUT2D eigenvalue weighted by molar-refractivity contribution is 0.0948. The Morgan fingerprint density at radius 3 is 2.45 bits per heavy atom. The number of carbonyl (C=O) groups excluding carboxylic acids is 1. The Morgan fingerprint density at radius 1 is 1.10 bits per heavy atom. The minimum absolute atomic E-state index is 0.209. The number of hydrogen-bond acceptors (Lipinski definition) is 3. The number of benzene rings is 1. The Morgan fingerprint density at radius 2 is 1.75 bits per heavy atom. The van der Waals surface area contributed by atoms with Gasteiger partial charge >= 0.3 is 0 Å². The predicted octanol–water partition coefficient (Wildman–Crippen LogP) is 4.37. The van der Waals surface area contributed by atoms with Gasteiger partial charge in [0.05, 0.1) is 0 Å². The van der Waals surface area contributed by atoms with Crippen LogP contribution >= 0.6 is 15.9 Å². The van der Waals surface area contributed by atoms with Crippen molar-refractivity contribution >= 4 is 21.7 Å². The van der Waals surface area contributed by atoms with Crippen LogP contribution in [-0.2, 0) is 0 Å². The molecule has 0 N–H and O–H groups in total. The van der Waals surface area contributed by atoms with E-state index in [1.54, 1.807) is 0 Å². The van der Waals surface area contributed by atoms with Gasteiger partial charge in [-0.15, -0.1) is 0 Å². The van der Waals surface area contributed by atoms with Gasteiger partial charge in [-0.1, -0.05) is 32.1 Å². The van der Waals surface area contributed by atoms with E-state index in [-0.39, 0.29) is 5.78 Å². The average molecular weight is 339 g/mol. The molecule has 0 atom stereocenters. The van der Waals surface area contributed by atoms with E-state index in [1.165, 1.54) is 32.1 Å². The summed E-state index contributed by atoms with van der Waals surface area (Å²) in [7, 11) is 0. The van der Waals surface area contributed by atoms with Crippen LogP contribution in [0.4, 0.5) is 0 Å². The lowest BCUT2D eigenvalue weighted by atomic mass is 9.85. The van der Waals surface area contributed by atoms with Gasteiger partial charge in [0, 0.05) is 16.5 Å². The first kappa shape index (κ1) is 13.9. The molecule has 0 aromatic heterocycles. The van der Waals surface area contributed by atoms with Crippen LogP contribution in [0.15, 0.2) is 16.6 Å². The lowest BCUT2D eigenvalue weighted by Crippen LogP contribution is -2.17. The Kier molecular flexibility index (Phi) is 4.29. The summed E-state index contributed by atoms with van der Waals surface area (Å²) in [6.45, 7) is 1.11. The maximum Gasteiger partial charge on any atom is 0.164 e. The van der Waals surface area contributed by atoms with E-state index in [1.807, 2.05) is 12.1 Å². The monoisotopic (exact) mass is 338 g/mol. The highest BCUT2D eigenvalue weighted by Crippen LogP contribution is 2.37. The van der Waals surface area contributed by atoms with Gasteiger partial charge in [0.1, 0.15) is 13.2 Å². The molecule has 0 radical (unpaired) electrons. The second kappa shape index (κ2) is 6.17. The van der Waals surface area contributed by atoms with Crippen molar-refractivity contribution in [2.45, 2.75) is 38.5 Å². The molecule has 3 nitrogen and oxygen atoms in total. The molecule has 1 aliphatic carbocycles. The summed E-state index contributed by atoms with van der Waals surface area (Å²) in [4.78, 5) is 12.5. The minimum Gasteiger partial charge on any atom is -0.486 e. The van der Waals surface area contributed by atoms with Crippen LogP contribution in [-0.4, -0.2) is 19.0 Å². The second-order valence-electron chi connectivity index (χ2n) is 5.61. The van der Waals surface area contributed by atoms with E-state index in [4.69, 9.17) is 9.47 Å². The molecular formula is C16H19BrO3. The number of rotatable bonds is 3. The van der Waals surface area contributed by atoms with E-state index in [0.717, 1.165) is 15.8 Å². The minimum atomic E-state index is 0.209. The number of ether oxygens (including phenoxy) is 2. The number of Topliss-reactive ketones (excluding diaryl/α,β-unsaturated/α-hetero) is 1. The van der Waals surface area contributed by atoms with Gasteiger partial charge in [-0.2, -0.15) is 0 Å². The Balaban J connectivity index is 1.76. The summed E-state index contributed by atoms with van der Waals surface area (Å²) in [5.41, 5.74) is 0.722. The third kappa shape index (κ3) is 3.00. The van der Waals surface area contributed by atoms with Crippen molar-refractivity contribution in [3.63, 3.8) is 0 Å². The zero-order valence-electron chi connectivity index (χ0n) is 11.5. The van der Waals surface area contributed by atoms with Gasteiger partial charge in [0.15, 0.2) is 17.3 Å². The molecule has 1 aromatic carbocycles. The number of ketones is 1. The summed E-state index contributed by atoms with van der Waals surface area (Å²) in [6, 6.07) is 3.67. The highest BCUT2D eigenvalue weighted by Gasteiger charge is 2.22. The molecule has 0 unspecified atom stereocenters. The summed E-state index contributed by atoms with van der Waals surface area (Å²) in [5, 5.41) is 0. The van der Waals surface area contributed by atoms with Crippen molar-refractivity contribution in [3.8, 4) is 11.5 Å². The van der Waals surface area contributed by atoms with Crippen molar-refractivity contribution in [2.75, 3.05) is 13.2 Å². The van der Waals surface area contributed by atoms with Gasteiger partial charge in [-0.25, -0.2) is 0 Å². The highest BCUT2D eigenvalue weighted by atomic mass is 79.9. The lowest BCUT2D eigenvalue weighted by Gasteiger charge is -2.22. The Hall–Kier alpha value is -1.03. The quantitative estimate of drug-likeness (QED) is 0.767. The molecule has 1 fully saturated rings.